The van der Waals surface area contributed by atoms with Gasteiger partial charge in [0.2, 0.25) is 5.95 Å². The average molecular weight is 352 g/mol. The zero-order chi connectivity index (χ0) is 16.1. The average Bonchev–Trinajstić information content (AvgIpc) is 2.81. The molecular weight excluding hydrogens is 333 g/mol. The summed E-state index contributed by atoms with van der Waals surface area (Å²) in [6.45, 7) is 0. The van der Waals surface area contributed by atoms with Gasteiger partial charge >= 0.3 is 0 Å². The number of nitrogens with one attached hydrogen (secondary N) is 2. The molecule has 2 N–H and O–H groups in total. The molecule has 5 nitrogen and oxygen atoms in total. The first-order valence-corrected chi connectivity index (χ1v) is 8.65. The van der Waals surface area contributed by atoms with Crippen LogP contribution in [0.5, 0.6) is 0 Å². The normalized spacial score (nSPS) is 15.9. The lowest BCUT2D eigenvalue weighted by molar-refractivity contribution is 0.617. The van der Waals surface area contributed by atoms with Gasteiger partial charge in [0.25, 0.3) is 0 Å². The van der Waals surface area contributed by atoms with Crippen molar-refractivity contribution < 1.29 is 0 Å². The maximum atomic E-state index is 6.17. The third-order valence-electron chi connectivity index (χ3n) is 3.96. The Morgan fingerprint density at radius 2 is 1.83 bits per heavy atom. The highest BCUT2D eigenvalue weighted by Crippen LogP contribution is 2.31. The molecule has 7 heteroatoms. The van der Waals surface area contributed by atoms with Crippen molar-refractivity contribution >= 4 is 40.7 Å². The number of rotatable bonds is 4. The van der Waals surface area contributed by atoms with E-state index in [2.05, 4.69) is 25.8 Å². The number of hydrogen-bond donors (Lipinski definition) is 2. The molecule has 0 amide bonds. The predicted octanol–water partition coefficient (Wildman–Crippen LogP) is 5.06. The predicted molar refractivity (Wildman–Crippen MR) is 94.7 cm³/mol. The first kappa shape index (κ1) is 16.3. The molecule has 3 rings (SSSR count). The highest BCUT2D eigenvalue weighted by Gasteiger charge is 2.13. The van der Waals surface area contributed by atoms with Crippen LogP contribution in [0.4, 0.5) is 17.5 Å². The van der Waals surface area contributed by atoms with Gasteiger partial charge in [0.15, 0.2) is 5.82 Å². The van der Waals surface area contributed by atoms with Gasteiger partial charge in [-0.3, -0.25) is 0 Å². The van der Waals surface area contributed by atoms with E-state index in [1.54, 1.807) is 12.3 Å². The standard InChI is InChI=1S/C16H19Cl2N5/c17-12-8-5-9-13(15(12)18)21-16-22-14(10-19-23-16)20-11-6-3-1-2-4-7-11/h5,8-11H,1-4,6-7H2,(H2,20,21,22,23). The topological polar surface area (TPSA) is 62.7 Å². The van der Waals surface area contributed by atoms with Crippen LogP contribution in [-0.2, 0) is 0 Å². The van der Waals surface area contributed by atoms with Crippen LogP contribution in [0.15, 0.2) is 24.4 Å². The van der Waals surface area contributed by atoms with Crippen LogP contribution in [0.2, 0.25) is 10.0 Å². The first-order chi connectivity index (χ1) is 11.2. The van der Waals surface area contributed by atoms with Crippen molar-refractivity contribution in [3.05, 3.63) is 34.4 Å². The van der Waals surface area contributed by atoms with E-state index < -0.39 is 0 Å². The summed E-state index contributed by atoms with van der Waals surface area (Å²) in [5.74, 6) is 1.13. The fraction of sp³-hybridized carbons (Fsp3) is 0.438. The van der Waals surface area contributed by atoms with Gasteiger partial charge < -0.3 is 10.6 Å². The van der Waals surface area contributed by atoms with Gasteiger partial charge in [-0.25, -0.2) is 0 Å². The molecule has 0 bridgehead atoms. The summed E-state index contributed by atoms with van der Waals surface area (Å²) in [5, 5.41) is 15.5. The van der Waals surface area contributed by atoms with E-state index >= 15 is 0 Å². The molecule has 0 unspecified atom stereocenters. The lowest BCUT2D eigenvalue weighted by Crippen LogP contribution is -2.19. The Labute approximate surface area is 145 Å². The van der Waals surface area contributed by atoms with Gasteiger partial charge in [-0.05, 0) is 25.0 Å². The maximum absolute atomic E-state index is 6.17. The second kappa shape index (κ2) is 7.79. The van der Waals surface area contributed by atoms with E-state index in [4.69, 9.17) is 23.2 Å². The number of halogens is 2. The van der Waals surface area contributed by atoms with Crippen LogP contribution in [-0.4, -0.2) is 21.2 Å². The molecular formula is C16H19Cl2N5. The lowest BCUT2D eigenvalue weighted by Gasteiger charge is -2.16. The molecule has 0 aliphatic heterocycles. The van der Waals surface area contributed by atoms with Crippen LogP contribution < -0.4 is 10.6 Å². The summed E-state index contributed by atoms with van der Waals surface area (Å²) in [4.78, 5) is 4.47. The van der Waals surface area contributed by atoms with E-state index in [9.17, 15) is 0 Å². The van der Waals surface area contributed by atoms with Gasteiger partial charge in [0.05, 0.1) is 21.9 Å². The molecule has 0 atom stereocenters. The number of benzene rings is 1. The van der Waals surface area contributed by atoms with Crippen molar-refractivity contribution in [3.8, 4) is 0 Å². The van der Waals surface area contributed by atoms with Gasteiger partial charge in [0.1, 0.15) is 0 Å². The fourth-order valence-corrected chi connectivity index (χ4v) is 3.13. The molecule has 0 saturated heterocycles. The molecule has 1 aliphatic rings. The molecule has 1 aliphatic carbocycles. The molecule has 2 aromatic rings. The van der Waals surface area contributed by atoms with E-state index in [-0.39, 0.29) is 0 Å². The van der Waals surface area contributed by atoms with Gasteiger partial charge in [0, 0.05) is 6.04 Å². The van der Waals surface area contributed by atoms with Crippen LogP contribution in [0, 0.1) is 0 Å². The second-order valence-corrected chi connectivity index (χ2v) is 6.51. The molecule has 0 radical (unpaired) electrons. The van der Waals surface area contributed by atoms with Crippen LogP contribution in [0.1, 0.15) is 38.5 Å². The monoisotopic (exact) mass is 351 g/mol. The molecule has 23 heavy (non-hydrogen) atoms. The van der Waals surface area contributed by atoms with Gasteiger partial charge in [-0.2, -0.15) is 10.1 Å². The summed E-state index contributed by atoms with van der Waals surface area (Å²) in [7, 11) is 0. The molecule has 122 valence electrons. The lowest BCUT2D eigenvalue weighted by atomic mass is 10.1. The minimum Gasteiger partial charge on any atom is -0.366 e. The van der Waals surface area contributed by atoms with E-state index in [1.165, 1.54) is 38.5 Å². The number of nitrogens with zero attached hydrogens (tertiary/aromatic N) is 3. The summed E-state index contributed by atoms with van der Waals surface area (Å²) in [5.41, 5.74) is 0.660. The fourth-order valence-electron chi connectivity index (χ4n) is 2.78. The summed E-state index contributed by atoms with van der Waals surface area (Å²) in [6, 6.07) is 5.83. The Morgan fingerprint density at radius 1 is 1.04 bits per heavy atom. The molecule has 1 heterocycles. The summed E-state index contributed by atoms with van der Waals surface area (Å²) < 4.78 is 0. The highest BCUT2D eigenvalue weighted by molar-refractivity contribution is 6.43. The minimum absolute atomic E-state index is 0.396. The molecule has 1 saturated carbocycles. The van der Waals surface area contributed by atoms with E-state index in [0.717, 1.165) is 5.82 Å². The Hall–Kier alpha value is -1.59. The molecule has 1 fully saturated rings. The molecule has 1 aromatic carbocycles. The van der Waals surface area contributed by atoms with E-state index in [0.29, 0.717) is 27.7 Å². The van der Waals surface area contributed by atoms with Gasteiger partial charge in [-0.1, -0.05) is 55.0 Å². The van der Waals surface area contributed by atoms with Crippen LogP contribution >= 0.6 is 23.2 Å². The minimum atomic E-state index is 0.396. The summed E-state index contributed by atoms with van der Waals surface area (Å²) >= 11 is 12.2. The summed E-state index contributed by atoms with van der Waals surface area (Å²) in [6.07, 6.45) is 9.16. The van der Waals surface area contributed by atoms with Crippen molar-refractivity contribution in [3.63, 3.8) is 0 Å². The largest absolute Gasteiger partial charge is 0.366 e. The Kier molecular flexibility index (Phi) is 5.51. The third kappa shape index (κ3) is 4.45. The van der Waals surface area contributed by atoms with Crippen LogP contribution in [0.25, 0.3) is 0 Å². The zero-order valence-electron chi connectivity index (χ0n) is 12.7. The van der Waals surface area contributed by atoms with Gasteiger partial charge in [-0.15, -0.1) is 5.10 Å². The Balaban J connectivity index is 1.70. The second-order valence-electron chi connectivity index (χ2n) is 5.72. The number of aromatic nitrogens is 3. The highest BCUT2D eigenvalue weighted by atomic mass is 35.5. The third-order valence-corrected chi connectivity index (χ3v) is 4.78. The van der Waals surface area contributed by atoms with Crippen molar-refractivity contribution in [1.82, 2.24) is 15.2 Å². The quantitative estimate of drug-likeness (QED) is 0.754. The maximum Gasteiger partial charge on any atom is 0.249 e. The zero-order valence-corrected chi connectivity index (χ0v) is 14.2. The van der Waals surface area contributed by atoms with Crippen molar-refractivity contribution in [2.24, 2.45) is 0 Å². The smallest absolute Gasteiger partial charge is 0.249 e. The molecule has 1 aromatic heterocycles. The SMILES string of the molecule is Clc1cccc(Nc2nncc(NC3CCCCCC3)n2)c1Cl. The van der Waals surface area contributed by atoms with Crippen molar-refractivity contribution in [2.75, 3.05) is 10.6 Å². The number of hydrogen-bond acceptors (Lipinski definition) is 5. The Bertz CT molecular complexity index is 657. The number of anilines is 3. The first-order valence-electron chi connectivity index (χ1n) is 7.89. The van der Waals surface area contributed by atoms with Crippen molar-refractivity contribution in [2.45, 2.75) is 44.6 Å². The van der Waals surface area contributed by atoms with Crippen LogP contribution in [0.3, 0.4) is 0 Å². The molecule has 0 spiro atoms. The van der Waals surface area contributed by atoms with E-state index in [1.807, 2.05) is 12.1 Å². The van der Waals surface area contributed by atoms with Crippen molar-refractivity contribution in [1.29, 1.82) is 0 Å². The Morgan fingerprint density at radius 3 is 2.61 bits per heavy atom.